The van der Waals surface area contributed by atoms with Crippen molar-refractivity contribution in [3.05, 3.63) is 18.5 Å². The molecule has 0 bridgehead atoms. The second-order valence-corrected chi connectivity index (χ2v) is 5.59. The minimum Gasteiger partial charge on any atom is -0.350 e. The van der Waals surface area contributed by atoms with Crippen molar-refractivity contribution >= 4 is 11.9 Å². The zero-order chi connectivity index (χ0) is 15.1. The van der Waals surface area contributed by atoms with E-state index in [0.717, 1.165) is 51.1 Å². The van der Waals surface area contributed by atoms with Crippen LogP contribution in [0.5, 0.6) is 0 Å². The van der Waals surface area contributed by atoms with E-state index in [2.05, 4.69) is 27.1 Å². The summed E-state index contributed by atoms with van der Waals surface area (Å²) in [5, 5.41) is 3.07. The molecule has 116 valence electrons. The van der Waals surface area contributed by atoms with Gasteiger partial charge in [0.15, 0.2) is 0 Å². The molecule has 2 atom stereocenters. The number of nitrogens with two attached hydrogens (primary N) is 1. The molecule has 0 radical (unpaired) electrons. The van der Waals surface area contributed by atoms with Crippen LogP contribution in [0.2, 0.25) is 0 Å². The number of anilines is 1. The zero-order valence-corrected chi connectivity index (χ0v) is 12.7. The fourth-order valence-electron chi connectivity index (χ4n) is 2.59. The van der Waals surface area contributed by atoms with Crippen molar-refractivity contribution in [2.45, 2.75) is 51.1 Å². The molecule has 0 aromatic carbocycles. The molecular formula is C15H25N5O. The van der Waals surface area contributed by atoms with E-state index < -0.39 is 6.04 Å². The first-order valence-corrected chi connectivity index (χ1v) is 7.78. The second-order valence-electron chi connectivity index (χ2n) is 5.59. The third kappa shape index (κ3) is 4.67. The van der Waals surface area contributed by atoms with Gasteiger partial charge in [-0.25, -0.2) is 9.97 Å². The number of carbonyl (C=O) groups is 1. The van der Waals surface area contributed by atoms with E-state index in [1.54, 1.807) is 18.5 Å². The van der Waals surface area contributed by atoms with Crippen molar-refractivity contribution in [1.29, 1.82) is 0 Å². The van der Waals surface area contributed by atoms with Crippen LogP contribution in [-0.2, 0) is 4.79 Å². The van der Waals surface area contributed by atoms with Crippen LogP contribution in [0.4, 0.5) is 5.95 Å². The van der Waals surface area contributed by atoms with Gasteiger partial charge in [-0.3, -0.25) is 4.79 Å². The Kier molecular flexibility index (Phi) is 5.92. The molecule has 0 aliphatic carbocycles. The molecule has 1 saturated heterocycles. The summed E-state index contributed by atoms with van der Waals surface area (Å²) in [4.78, 5) is 22.7. The number of amides is 1. The van der Waals surface area contributed by atoms with Gasteiger partial charge in [0.1, 0.15) is 0 Å². The lowest BCUT2D eigenvalue weighted by Gasteiger charge is -2.33. The van der Waals surface area contributed by atoms with Crippen LogP contribution < -0.4 is 16.0 Å². The number of nitrogens with zero attached hydrogens (tertiary/aromatic N) is 3. The average Bonchev–Trinajstić information content (AvgIpc) is 2.53. The highest BCUT2D eigenvalue weighted by atomic mass is 16.2. The molecule has 2 heterocycles. The van der Waals surface area contributed by atoms with E-state index in [0.29, 0.717) is 0 Å². The second kappa shape index (κ2) is 7.93. The standard InChI is InChI=1S/C15H25N5O/c1-2-3-7-13(16)14(21)19-12-6-4-10-20(11-12)15-17-8-5-9-18-15/h5,8-9,12-13H,2-4,6-7,10-11,16H2,1H3,(H,19,21). The van der Waals surface area contributed by atoms with E-state index in [1.165, 1.54) is 0 Å². The molecule has 3 N–H and O–H groups in total. The number of hydrogen-bond acceptors (Lipinski definition) is 5. The molecule has 21 heavy (non-hydrogen) atoms. The molecule has 6 heteroatoms. The minimum absolute atomic E-state index is 0.0377. The smallest absolute Gasteiger partial charge is 0.237 e. The van der Waals surface area contributed by atoms with Crippen molar-refractivity contribution in [2.24, 2.45) is 5.73 Å². The number of piperidine rings is 1. The predicted octanol–water partition coefficient (Wildman–Crippen LogP) is 1.08. The fraction of sp³-hybridized carbons (Fsp3) is 0.667. The highest BCUT2D eigenvalue weighted by molar-refractivity contribution is 5.81. The maximum Gasteiger partial charge on any atom is 0.237 e. The molecule has 0 saturated carbocycles. The van der Waals surface area contributed by atoms with Gasteiger partial charge in [-0.2, -0.15) is 0 Å². The Bertz CT molecular complexity index is 439. The fourth-order valence-corrected chi connectivity index (χ4v) is 2.59. The lowest BCUT2D eigenvalue weighted by molar-refractivity contribution is -0.123. The Labute approximate surface area is 126 Å². The quantitative estimate of drug-likeness (QED) is 0.819. The van der Waals surface area contributed by atoms with Gasteiger partial charge < -0.3 is 16.0 Å². The van der Waals surface area contributed by atoms with Crippen LogP contribution in [0.25, 0.3) is 0 Å². The lowest BCUT2D eigenvalue weighted by atomic mass is 10.0. The summed E-state index contributed by atoms with van der Waals surface area (Å²) in [6.45, 7) is 3.78. The number of hydrogen-bond donors (Lipinski definition) is 2. The number of rotatable bonds is 6. The molecule has 1 aliphatic rings. The van der Waals surface area contributed by atoms with Crippen LogP contribution in [0.1, 0.15) is 39.0 Å². The Morgan fingerprint density at radius 2 is 2.29 bits per heavy atom. The van der Waals surface area contributed by atoms with Crippen LogP contribution in [0.15, 0.2) is 18.5 Å². The first-order chi connectivity index (χ1) is 10.2. The summed E-state index contributed by atoms with van der Waals surface area (Å²) in [6, 6.07) is 1.54. The highest BCUT2D eigenvalue weighted by Crippen LogP contribution is 2.15. The molecule has 2 rings (SSSR count). The van der Waals surface area contributed by atoms with E-state index in [9.17, 15) is 4.79 Å². The van der Waals surface area contributed by atoms with E-state index in [-0.39, 0.29) is 11.9 Å². The third-order valence-corrected chi connectivity index (χ3v) is 3.81. The largest absolute Gasteiger partial charge is 0.350 e. The van der Waals surface area contributed by atoms with Crippen molar-refractivity contribution in [2.75, 3.05) is 18.0 Å². The van der Waals surface area contributed by atoms with Gasteiger partial charge in [0.25, 0.3) is 0 Å². The first-order valence-electron chi connectivity index (χ1n) is 7.78. The van der Waals surface area contributed by atoms with Gasteiger partial charge in [0.05, 0.1) is 6.04 Å². The van der Waals surface area contributed by atoms with Gasteiger partial charge in [-0.1, -0.05) is 19.8 Å². The normalized spacial score (nSPS) is 20.1. The van der Waals surface area contributed by atoms with Crippen LogP contribution >= 0.6 is 0 Å². The summed E-state index contributed by atoms with van der Waals surface area (Å²) in [5.74, 6) is 0.691. The maximum atomic E-state index is 12.1. The molecule has 6 nitrogen and oxygen atoms in total. The highest BCUT2D eigenvalue weighted by Gasteiger charge is 2.24. The van der Waals surface area contributed by atoms with E-state index in [4.69, 9.17) is 5.73 Å². The summed E-state index contributed by atoms with van der Waals surface area (Å²) in [7, 11) is 0. The first kappa shape index (κ1) is 15.7. The van der Waals surface area contributed by atoms with Gasteiger partial charge in [-0.15, -0.1) is 0 Å². The van der Waals surface area contributed by atoms with Crippen molar-refractivity contribution < 1.29 is 4.79 Å². The monoisotopic (exact) mass is 291 g/mol. The van der Waals surface area contributed by atoms with Gasteiger partial charge in [0, 0.05) is 31.5 Å². The maximum absolute atomic E-state index is 12.1. The minimum atomic E-state index is -0.395. The van der Waals surface area contributed by atoms with E-state index in [1.807, 2.05) is 0 Å². The molecule has 0 spiro atoms. The van der Waals surface area contributed by atoms with E-state index >= 15 is 0 Å². The average molecular weight is 291 g/mol. The summed E-state index contributed by atoms with van der Waals surface area (Å²) >= 11 is 0. The van der Waals surface area contributed by atoms with Crippen LogP contribution in [0, 0.1) is 0 Å². The predicted molar refractivity (Wildman–Crippen MR) is 82.9 cm³/mol. The molecule has 1 amide bonds. The van der Waals surface area contributed by atoms with Crippen LogP contribution in [0.3, 0.4) is 0 Å². The summed E-state index contributed by atoms with van der Waals surface area (Å²) in [6.07, 6.45) is 8.28. The van der Waals surface area contributed by atoms with Gasteiger partial charge >= 0.3 is 0 Å². The summed E-state index contributed by atoms with van der Waals surface area (Å²) < 4.78 is 0. The number of nitrogens with one attached hydrogen (secondary N) is 1. The lowest BCUT2D eigenvalue weighted by Crippen LogP contribution is -2.52. The van der Waals surface area contributed by atoms with Crippen molar-refractivity contribution in [1.82, 2.24) is 15.3 Å². The summed E-state index contributed by atoms with van der Waals surface area (Å²) in [5.41, 5.74) is 5.92. The Morgan fingerprint density at radius 1 is 1.52 bits per heavy atom. The number of unbranched alkanes of at least 4 members (excludes halogenated alkanes) is 1. The molecule has 1 aliphatic heterocycles. The zero-order valence-electron chi connectivity index (χ0n) is 12.7. The SMILES string of the molecule is CCCCC(N)C(=O)NC1CCCN(c2ncccn2)C1. The van der Waals surface area contributed by atoms with Gasteiger partial charge in [0.2, 0.25) is 11.9 Å². The Morgan fingerprint density at radius 3 is 3.00 bits per heavy atom. The molecule has 1 aromatic rings. The molecule has 2 unspecified atom stereocenters. The topological polar surface area (TPSA) is 84.1 Å². The Hall–Kier alpha value is -1.69. The number of carbonyl (C=O) groups excluding carboxylic acids is 1. The third-order valence-electron chi connectivity index (χ3n) is 3.81. The van der Waals surface area contributed by atoms with Crippen molar-refractivity contribution in [3.63, 3.8) is 0 Å². The molecule has 1 aromatic heterocycles. The van der Waals surface area contributed by atoms with Gasteiger partial charge in [-0.05, 0) is 25.3 Å². The molecule has 1 fully saturated rings. The number of aromatic nitrogens is 2. The van der Waals surface area contributed by atoms with Crippen LogP contribution in [-0.4, -0.2) is 41.0 Å². The molecular weight excluding hydrogens is 266 g/mol. The van der Waals surface area contributed by atoms with Crippen molar-refractivity contribution in [3.8, 4) is 0 Å². The Balaban J connectivity index is 1.85.